The summed E-state index contributed by atoms with van der Waals surface area (Å²) < 4.78 is 5.42. The number of carboxylic acid groups (broad SMARTS) is 1. The highest BCUT2D eigenvalue weighted by atomic mass is 32.1. The Bertz CT molecular complexity index is 849. The Morgan fingerprint density at radius 1 is 1.20 bits per heavy atom. The SMILES string of the molecule is O=C(NC(COCc1ccccc1)C(=O)O)c1cc2nccnc2s1. The number of rotatable bonds is 7. The molecule has 0 aliphatic heterocycles. The standard InChI is InChI=1S/C17H15N3O4S/c21-15(14-8-12-16(25-14)19-7-6-18-12)20-13(17(22)23)10-24-9-11-4-2-1-3-5-11/h1-8,13H,9-10H2,(H,20,21)(H,22,23). The van der Waals surface area contributed by atoms with Crippen molar-refractivity contribution in [2.45, 2.75) is 12.6 Å². The van der Waals surface area contributed by atoms with E-state index in [1.807, 2.05) is 30.3 Å². The van der Waals surface area contributed by atoms with E-state index in [9.17, 15) is 14.7 Å². The van der Waals surface area contributed by atoms with Crippen LogP contribution in [0.25, 0.3) is 10.3 Å². The first kappa shape index (κ1) is 17.0. The highest BCUT2D eigenvalue weighted by Gasteiger charge is 2.22. The summed E-state index contributed by atoms with van der Waals surface area (Å²) in [4.78, 5) is 32.9. The third-order valence-corrected chi connectivity index (χ3v) is 4.42. The fourth-order valence-electron chi connectivity index (χ4n) is 2.16. The number of aromatic nitrogens is 2. The molecule has 1 atom stereocenters. The minimum atomic E-state index is -1.15. The molecule has 0 bridgehead atoms. The number of carbonyl (C=O) groups excluding carboxylic acids is 1. The van der Waals surface area contributed by atoms with Gasteiger partial charge in [-0.15, -0.1) is 11.3 Å². The molecular weight excluding hydrogens is 342 g/mol. The van der Waals surface area contributed by atoms with Gasteiger partial charge in [-0.25, -0.2) is 9.78 Å². The molecule has 0 aliphatic carbocycles. The number of hydrogen-bond acceptors (Lipinski definition) is 6. The van der Waals surface area contributed by atoms with Gasteiger partial charge in [-0.05, 0) is 11.6 Å². The van der Waals surface area contributed by atoms with Crippen LogP contribution < -0.4 is 5.32 Å². The minimum absolute atomic E-state index is 0.128. The van der Waals surface area contributed by atoms with E-state index in [0.29, 0.717) is 15.2 Å². The lowest BCUT2D eigenvalue weighted by atomic mass is 10.2. The number of amides is 1. The molecule has 0 spiro atoms. The van der Waals surface area contributed by atoms with Crippen molar-refractivity contribution in [3.63, 3.8) is 0 Å². The van der Waals surface area contributed by atoms with Crippen LogP contribution >= 0.6 is 11.3 Å². The van der Waals surface area contributed by atoms with E-state index in [2.05, 4.69) is 15.3 Å². The Morgan fingerprint density at radius 2 is 1.96 bits per heavy atom. The lowest BCUT2D eigenvalue weighted by Crippen LogP contribution is -2.43. The van der Waals surface area contributed by atoms with E-state index in [4.69, 9.17) is 4.74 Å². The van der Waals surface area contributed by atoms with E-state index in [-0.39, 0.29) is 13.2 Å². The quantitative estimate of drug-likeness (QED) is 0.671. The predicted molar refractivity (Wildman–Crippen MR) is 92.4 cm³/mol. The van der Waals surface area contributed by atoms with Crippen molar-refractivity contribution in [3.8, 4) is 0 Å². The van der Waals surface area contributed by atoms with Gasteiger partial charge in [-0.2, -0.15) is 0 Å². The number of nitrogens with zero attached hydrogens (tertiary/aromatic N) is 2. The van der Waals surface area contributed by atoms with Gasteiger partial charge in [0.15, 0.2) is 6.04 Å². The second kappa shape index (κ2) is 7.82. The molecule has 1 aromatic carbocycles. The molecule has 25 heavy (non-hydrogen) atoms. The molecule has 0 saturated carbocycles. The van der Waals surface area contributed by atoms with Gasteiger partial charge in [0.2, 0.25) is 0 Å². The molecule has 8 heteroatoms. The third kappa shape index (κ3) is 4.37. The topological polar surface area (TPSA) is 101 Å². The maximum absolute atomic E-state index is 12.3. The summed E-state index contributed by atoms with van der Waals surface area (Å²) >= 11 is 1.16. The Kier molecular flexibility index (Phi) is 5.32. The van der Waals surface area contributed by atoms with E-state index < -0.39 is 17.9 Å². The number of carbonyl (C=O) groups is 2. The molecule has 0 aliphatic rings. The van der Waals surface area contributed by atoms with Crippen molar-refractivity contribution >= 4 is 33.6 Å². The average Bonchev–Trinajstić information content (AvgIpc) is 3.06. The third-order valence-electron chi connectivity index (χ3n) is 3.39. The number of fused-ring (bicyclic) bond motifs is 1. The largest absolute Gasteiger partial charge is 0.480 e. The first-order valence-electron chi connectivity index (χ1n) is 7.49. The fraction of sp³-hybridized carbons (Fsp3) is 0.176. The molecular formula is C17H15N3O4S. The summed E-state index contributed by atoms with van der Waals surface area (Å²) in [6.45, 7) is 0.147. The number of thiophene rings is 1. The molecule has 0 fully saturated rings. The van der Waals surface area contributed by atoms with Crippen LogP contribution in [0.5, 0.6) is 0 Å². The van der Waals surface area contributed by atoms with Gasteiger partial charge in [0.1, 0.15) is 10.3 Å². The average molecular weight is 357 g/mol. The fourth-order valence-corrected chi connectivity index (χ4v) is 3.02. The highest BCUT2D eigenvalue weighted by Crippen LogP contribution is 2.21. The van der Waals surface area contributed by atoms with E-state index in [1.54, 1.807) is 6.07 Å². The molecule has 128 valence electrons. The van der Waals surface area contributed by atoms with Gasteiger partial charge in [0, 0.05) is 12.4 Å². The molecule has 7 nitrogen and oxygen atoms in total. The Balaban J connectivity index is 1.60. The Morgan fingerprint density at radius 3 is 2.68 bits per heavy atom. The molecule has 2 N–H and O–H groups in total. The van der Waals surface area contributed by atoms with Crippen LogP contribution in [-0.4, -0.2) is 39.6 Å². The van der Waals surface area contributed by atoms with E-state index >= 15 is 0 Å². The zero-order valence-corrected chi connectivity index (χ0v) is 13.9. The molecule has 1 unspecified atom stereocenters. The molecule has 3 rings (SSSR count). The van der Waals surface area contributed by atoms with E-state index in [1.165, 1.54) is 12.4 Å². The lowest BCUT2D eigenvalue weighted by molar-refractivity contribution is -0.141. The first-order valence-corrected chi connectivity index (χ1v) is 8.31. The Hall–Kier alpha value is -2.84. The zero-order valence-electron chi connectivity index (χ0n) is 13.1. The molecule has 0 saturated heterocycles. The van der Waals surface area contributed by atoms with Crippen molar-refractivity contribution in [3.05, 3.63) is 59.2 Å². The maximum atomic E-state index is 12.3. The lowest BCUT2D eigenvalue weighted by Gasteiger charge is -2.14. The number of aliphatic carboxylic acids is 1. The zero-order chi connectivity index (χ0) is 17.6. The number of carboxylic acids is 1. The van der Waals surface area contributed by atoms with Crippen LogP contribution in [0, 0.1) is 0 Å². The highest BCUT2D eigenvalue weighted by molar-refractivity contribution is 7.20. The van der Waals surface area contributed by atoms with Crippen LogP contribution in [0.1, 0.15) is 15.2 Å². The van der Waals surface area contributed by atoms with Gasteiger partial charge in [0.25, 0.3) is 5.91 Å². The van der Waals surface area contributed by atoms with Crippen molar-refractivity contribution in [1.29, 1.82) is 0 Å². The van der Waals surface area contributed by atoms with Crippen molar-refractivity contribution < 1.29 is 19.4 Å². The Labute approximate surface area is 147 Å². The number of benzene rings is 1. The van der Waals surface area contributed by atoms with E-state index in [0.717, 1.165) is 16.9 Å². The second-order valence-electron chi connectivity index (χ2n) is 5.22. The number of hydrogen-bond donors (Lipinski definition) is 2. The normalized spacial score (nSPS) is 12.0. The van der Waals surface area contributed by atoms with Gasteiger partial charge in [0.05, 0.1) is 18.1 Å². The van der Waals surface area contributed by atoms with Crippen molar-refractivity contribution in [2.24, 2.45) is 0 Å². The first-order chi connectivity index (χ1) is 12.1. The summed E-state index contributed by atoms with van der Waals surface area (Å²) in [6.07, 6.45) is 3.08. The number of ether oxygens (including phenoxy) is 1. The molecule has 0 radical (unpaired) electrons. The number of nitrogens with one attached hydrogen (secondary N) is 1. The summed E-state index contributed by atoms with van der Waals surface area (Å²) in [5.74, 6) is -1.64. The molecule has 3 aromatic rings. The maximum Gasteiger partial charge on any atom is 0.328 e. The van der Waals surface area contributed by atoms with Crippen molar-refractivity contribution in [2.75, 3.05) is 6.61 Å². The summed E-state index contributed by atoms with van der Waals surface area (Å²) in [5.41, 5.74) is 1.53. The van der Waals surface area contributed by atoms with Crippen LogP contribution in [0.15, 0.2) is 48.8 Å². The summed E-state index contributed by atoms with van der Waals surface area (Å²) in [6, 6.07) is 9.85. The van der Waals surface area contributed by atoms with Crippen LogP contribution in [0.2, 0.25) is 0 Å². The van der Waals surface area contributed by atoms with Crippen molar-refractivity contribution in [1.82, 2.24) is 15.3 Å². The summed E-state index contributed by atoms with van der Waals surface area (Å²) in [7, 11) is 0. The molecule has 1 amide bonds. The minimum Gasteiger partial charge on any atom is -0.480 e. The smallest absolute Gasteiger partial charge is 0.328 e. The predicted octanol–water partition coefficient (Wildman–Crippen LogP) is 2.09. The van der Waals surface area contributed by atoms with Gasteiger partial charge < -0.3 is 15.2 Å². The van der Waals surface area contributed by atoms with Crippen LogP contribution in [-0.2, 0) is 16.1 Å². The van der Waals surface area contributed by atoms with Crippen LogP contribution in [0.4, 0.5) is 0 Å². The molecule has 2 aromatic heterocycles. The second-order valence-corrected chi connectivity index (χ2v) is 6.25. The van der Waals surface area contributed by atoms with Gasteiger partial charge >= 0.3 is 5.97 Å². The van der Waals surface area contributed by atoms with Gasteiger partial charge in [-0.1, -0.05) is 30.3 Å². The van der Waals surface area contributed by atoms with Gasteiger partial charge in [-0.3, -0.25) is 9.78 Å². The molecule has 2 heterocycles. The van der Waals surface area contributed by atoms with Crippen LogP contribution in [0.3, 0.4) is 0 Å². The monoisotopic (exact) mass is 357 g/mol. The summed E-state index contributed by atoms with van der Waals surface area (Å²) in [5, 5.41) is 11.8.